The lowest BCUT2D eigenvalue weighted by Crippen LogP contribution is -2.41. The Kier molecular flexibility index (Phi) is 6.77. The maximum absolute atomic E-state index is 12.9. The van der Waals surface area contributed by atoms with E-state index in [0.29, 0.717) is 36.7 Å². The van der Waals surface area contributed by atoms with Gasteiger partial charge in [0, 0.05) is 24.7 Å². The van der Waals surface area contributed by atoms with Gasteiger partial charge in [-0.15, -0.1) is 0 Å². The molecular formula is C25H32N2O3S. The van der Waals surface area contributed by atoms with Crippen molar-refractivity contribution in [2.45, 2.75) is 62.7 Å². The molecular weight excluding hydrogens is 408 g/mol. The Morgan fingerprint density at radius 3 is 2.10 bits per heavy atom. The topological polar surface area (TPSA) is 66.5 Å². The van der Waals surface area contributed by atoms with Crippen molar-refractivity contribution in [3.8, 4) is 0 Å². The third-order valence-electron chi connectivity index (χ3n) is 6.74. The number of benzene rings is 2. The minimum Gasteiger partial charge on any atom is -0.326 e. The highest BCUT2D eigenvalue weighted by Gasteiger charge is 2.32. The maximum Gasteiger partial charge on any atom is 0.243 e. The van der Waals surface area contributed by atoms with Crippen LogP contribution in [-0.4, -0.2) is 31.7 Å². The monoisotopic (exact) mass is 440 g/mol. The Balaban J connectivity index is 1.31. The van der Waals surface area contributed by atoms with Crippen LogP contribution in [0.2, 0.25) is 0 Å². The Bertz CT molecular complexity index is 986. The Labute approximate surface area is 185 Å². The van der Waals surface area contributed by atoms with Crippen molar-refractivity contribution in [2.24, 2.45) is 5.92 Å². The van der Waals surface area contributed by atoms with Crippen LogP contribution < -0.4 is 5.32 Å². The van der Waals surface area contributed by atoms with E-state index in [1.165, 1.54) is 42.0 Å². The maximum atomic E-state index is 12.9. The molecule has 1 aliphatic heterocycles. The first kappa shape index (κ1) is 22.0. The molecule has 2 aliphatic rings. The van der Waals surface area contributed by atoms with Gasteiger partial charge >= 0.3 is 0 Å². The number of nitrogens with one attached hydrogen (secondary N) is 1. The van der Waals surface area contributed by atoms with Gasteiger partial charge < -0.3 is 5.32 Å². The zero-order chi connectivity index (χ0) is 21.8. The van der Waals surface area contributed by atoms with Crippen LogP contribution >= 0.6 is 0 Å². The summed E-state index contributed by atoms with van der Waals surface area (Å²) in [6.45, 7) is 2.67. The third-order valence-corrected chi connectivity index (χ3v) is 8.65. The molecule has 2 fully saturated rings. The van der Waals surface area contributed by atoms with Gasteiger partial charge in [-0.3, -0.25) is 4.79 Å². The van der Waals surface area contributed by atoms with Crippen LogP contribution in [0.15, 0.2) is 53.4 Å². The summed E-state index contributed by atoms with van der Waals surface area (Å²) in [6.07, 6.45) is 7.55. The van der Waals surface area contributed by atoms with E-state index < -0.39 is 10.0 Å². The van der Waals surface area contributed by atoms with Gasteiger partial charge in [0.1, 0.15) is 0 Å². The first-order valence-corrected chi connectivity index (χ1v) is 12.8. The standard InChI is InChI=1S/C25H32N2O3S/c1-19-7-13-24(14-8-19)31(29,30)27-17-15-22(16-18-27)25(28)26-23-11-9-21(10-12-23)20-5-3-2-4-6-20/h7-14,20,22H,2-6,15-18H2,1H3,(H,26,28). The second kappa shape index (κ2) is 9.53. The van der Waals surface area contributed by atoms with Gasteiger partial charge in [-0.1, -0.05) is 49.1 Å². The quantitative estimate of drug-likeness (QED) is 0.705. The Hall–Kier alpha value is -2.18. The number of rotatable bonds is 5. The van der Waals surface area contributed by atoms with Gasteiger partial charge in [-0.25, -0.2) is 8.42 Å². The molecule has 4 rings (SSSR count). The number of sulfonamides is 1. The first-order chi connectivity index (χ1) is 14.9. The lowest BCUT2D eigenvalue weighted by atomic mass is 9.84. The highest BCUT2D eigenvalue weighted by Crippen LogP contribution is 2.33. The zero-order valence-corrected chi connectivity index (χ0v) is 19.0. The van der Waals surface area contributed by atoms with Crippen LogP contribution in [0.4, 0.5) is 5.69 Å². The summed E-state index contributed by atoms with van der Waals surface area (Å²) in [7, 11) is -3.50. The summed E-state index contributed by atoms with van der Waals surface area (Å²) in [5.41, 5.74) is 3.22. The van der Waals surface area contributed by atoms with E-state index in [1.54, 1.807) is 12.1 Å². The van der Waals surface area contributed by atoms with E-state index in [1.807, 2.05) is 31.2 Å². The predicted molar refractivity (Wildman–Crippen MR) is 124 cm³/mol. The molecule has 0 radical (unpaired) electrons. The number of hydrogen-bond acceptors (Lipinski definition) is 3. The van der Waals surface area contributed by atoms with E-state index >= 15 is 0 Å². The van der Waals surface area contributed by atoms with E-state index in [9.17, 15) is 13.2 Å². The summed E-state index contributed by atoms with van der Waals surface area (Å²) in [5.74, 6) is 0.471. The van der Waals surface area contributed by atoms with Crippen molar-refractivity contribution in [3.05, 3.63) is 59.7 Å². The molecule has 166 valence electrons. The fraction of sp³-hybridized carbons (Fsp3) is 0.480. The molecule has 6 heteroatoms. The Morgan fingerprint density at radius 1 is 0.871 bits per heavy atom. The average molecular weight is 441 g/mol. The van der Waals surface area contributed by atoms with Crippen LogP contribution in [0.25, 0.3) is 0 Å². The summed E-state index contributed by atoms with van der Waals surface area (Å²) in [5, 5.41) is 3.03. The number of carbonyl (C=O) groups excluding carboxylic acids is 1. The predicted octanol–water partition coefficient (Wildman–Crippen LogP) is 5.08. The summed E-state index contributed by atoms with van der Waals surface area (Å²) >= 11 is 0. The SMILES string of the molecule is Cc1ccc(S(=O)(=O)N2CCC(C(=O)Nc3ccc(C4CCCCC4)cc3)CC2)cc1. The largest absolute Gasteiger partial charge is 0.326 e. The molecule has 0 spiro atoms. The van der Waals surface area contributed by atoms with E-state index in [2.05, 4.69) is 17.4 Å². The van der Waals surface area contributed by atoms with Crippen LogP contribution in [0, 0.1) is 12.8 Å². The molecule has 2 aromatic carbocycles. The van der Waals surface area contributed by atoms with Gasteiger partial charge in [0.25, 0.3) is 0 Å². The Morgan fingerprint density at radius 2 is 1.48 bits per heavy atom. The number of amides is 1. The normalized spacial score (nSPS) is 19.3. The number of piperidine rings is 1. The van der Waals surface area contributed by atoms with Crippen LogP contribution in [0.3, 0.4) is 0 Å². The van der Waals surface area contributed by atoms with Crippen molar-refractivity contribution >= 4 is 21.6 Å². The molecule has 0 aromatic heterocycles. The van der Waals surface area contributed by atoms with Gasteiger partial charge in [-0.05, 0) is 68.4 Å². The van der Waals surface area contributed by atoms with E-state index in [-0.39, 0.29) is 11.8 Å². The van der Waals surface area contributed by atoms with Crippen molar-refractivity contribution in [3.63, 3.8) is 0 Å². The van der Waals surface area contributed by atoms with Crippen molar-refractivity contribution in [2.75, 3.05) is 18.4 Å². The third kappa shape index (κ3) is 5.18. The number of aryl methyl sites for hydroxylation is 1. The highest BCUT2D eigenvalue weighted by molar-refractivity contribution is 7.89. The van der Waals surface area contributed by atoms with Gasteiger partial charge in [0.2, 0.25) is 15.9 Å². The fourth-order valence-electron chi connectivity index (χ4n) is 4.74. The second-order valence-corrected chi connectivity index (χ2v) is 10.9. The molecule has 2 aromatic rings. The minimum atomic E-state index is -3.50. The van der Waals surface area contributed by atoms with Crippen molar-refractivity contribution in [1.82, 2.24) is 4.31 Å². The molecule has 1 saturated heterocycles. The second-order valence-electron chi connectivity index (χ2n) is 8.94. The number of anilines is 1. The minimum absolute atomic E-state index is 0.0159. The van der Waals surface area contributed by atoms with Crippen molar-refractivity contribution in [1.29, 1.82) is 0 Å². The molecule has 0 bridgehead atoms. The number of nitrogens with zero attached hydrogens (tertiary/aromatic N) is 1. The van der Waals surface area contributed by atoms with E-state index in [4.69, 9.17) is 0 Å². The van der Waals surface area contributed by atoms with E-state index in [0.717, 1.165) is 11.3 Å². The van der Waals surface area contributed by atoms with Crippen LogP contribution in [0.1, 0.15) is 62.0 Å². The van der Waals surface area contributed by atoms with Gasteiger partial charge in [-0.2, -0.15) is 4.31 Å². The summed E-state index contributed by atoms with van der Waals surface area (Å²) in [4.78, 5) is 13.1. The zero-order valence-electron chi connectivity index (χ0n) is 18.2. The molecule has 0 unspecified atom stereocenters. The molecule has 1 heterocycles. The molecule has 1 saturated carbocycles. The number of hydrogen-bond donors (Lipinski definition) is 1. The number of carbonyl (C=O) groups is 1. The highest BCUT2D eigenvalue weighted by atomic mass is 32.2. The van der Waals surface area contributed by atoms with Crippen molar-refractivity contribution < 1.29 is 13.2 Å². The average Bonchev–Trinajstić information content (AvgIpc) is 2.80. The van der Waals surface area contributed by atoms with Gasteiger partial charge in [0.05, 0.1) is 4.90 Å². The molecule has 1 N–H and O–H groups in total. The first-order valence-electron chi connectivity index (χ1n) is 11.4. The molecule has 1 aliphatic carbocycles. The molecule has 1 amide bonds. The fourth-order valence-corrected chi connectivity index (χ4v) is 6.21. The van der Waals surface area contributed by atoms with Crippen LogP contribution in [0.5, 0.6) is 0 Å². The van der Waals surface area contributed by atoms with Gasteiger partial charge in [0.15, 0.2) is 0 Å². The molecule has 5 nitrogen and oxygen atoms in total. The molecule has 31 heavy (non-hydrogen) atoms. The summed E-state index contributed by atoms with van der Waals surface area (Å²) in [6, 6.07) is 15.2. The lowest BCUT2D eigenvalue weighted by Gasteiger charge is -2.30. The lowest BCUT2D eigenvalue weighted by molar-refractivity contribution is -0.120. The summed E-state index contributed by atoms with van der Waals surface area (Å²) < 4.78 is 27.2. The van der Waals surface area contributed by atoms with Crippen LogP contribution in [-0.2, 0) is 14.8 Å². The smallest absolute Gasteiger partial charge is 0.243 e. The molecule has 0 atom stereocenters.